The van der Waals surface area contributed by atoms with Crippen LogP contribution in [0.3, 0.4) is 0 Å². The van der Waals surface area contributed by atoms with Crippen LogP contribution in [0.5, 0.6) is 0 Å². The van der Waals surface area contributed by atoms with E-state index < -0.39 is 35.1 Å². The van der Waals surface area contributed by atoms with Gasteiger partial charge in [-0.15, -0.1) is 11.6 Å². The average Bonchev–Trinajstić information content (AvgIpc) is 2.77. The van der Waals surface area contributed by atoms with Gasteiger partial charge in [-0.25, -0.2) is 4.79 Å². The molecule has 0 aromatic carbocycles. The Labute approximate surface area is 196 Å². The van der Waals surface area contributed by atoms with E-state index in [-0.39, 0.29) is 17.7 Å². The van der Waals surface area contributed by atoms with Crippen LogP contribution in [-0.4, -0.2) is 51.7 Å². The van der Waals surface area contributed by atoms with Gasteiger partial charge in [0.2, 0.25) is 5.91 Å². The van der Waals surface area contributed by atoms with Crippen molar-refractivity contribution >= 4 is 41.0 Å². The molecule has 0 aliphatic carbocycles. The SMILES string of the molecule is C=C(CCl)C(C(=O)OC(C=CC)(CC)CC)N1C(=O)C(NC(=O)C(CC)CCC)C1Cl. The first kappa shape index (κ1) is 27.5. The van der Waals surface area contributed by atoms with Gasteiger partial charge in [-0.1, -0.05) is 58.4 Å². The van der Waals surface area contributed by atoms with Crippen molar-refractivity contribution in [2.45, 2.75) is 89.9 Å². The van der Waals surface area contributed by atoms with E-state index in [0.29, 0.717) is 24.8 Å². The van der Waals surface area contributed by atoms with Crippen LogP contribution in [0, 0.1) is 5.92 Å². The molecule has 2 amide bonds. The summed E-state index contributed by atoms with van der Waals surface area (Å²) in [6.45, 7) is 13.5. The number of amides is 2. The van der Waals surface area contributed by atoms with Crippen LogP contribution in [0.2, 0.25) is 0 Å². The molecule has 0 bridgehead atoms. The Kier molecular flexibility index (Phi) is 11.1. The van der Waals surface area contributed by atoms with Crippen molar-refractivity contribution in [2.24, 2.45) is 5.92 Å². The molecule has 1 N–H and O–H groups in total. The third kappa shape index (κ3) is 6.26. The van der Waals surface area contributed by atoms with E-state index in [1.165, 1.54) is 4.90 Å². The van der Waals surface area contributed by atoms with Gasteiger partial charge in [0.05, 0.1) is 0 Å². The minimum absolute atomic E-state index is 0.0343. The van der Waals surface area contributed by atoms with Crippen molar-refractivity contribution in [3.8, 4) is 0 Å². The first-order valence-corrected chi connectivity index (χ1v) is 12.0. The lowest BCUT2D eigenvalue weighted by molar-refractivity contribution is -0.170. The molecule has 1 aliphatic heterocycles. The first-order chi connectivity index (χ1) is 14.7. The monoisotopic (exact) mass is 474 g/mol. The number of alkyl halides is 2. The fourth-order valence-electron chi connectivity index (χ4n) is 3.79. The third-order valence-electron chi connectivity index (χ3n) is 5.89. The molecule has 1 rings (SSSR count). The summed E-state index contributed by atoms with van der Waals surface area (Å²) in [4.78, 5) is 39.7. The van der Waals surface area contributed by atoms with E-state index in [9.17, 15) is 14.4 Å². The summed E-state index contributed by atoms with van der Waals surface area (Å²) in [6, 6.07) is -2.00. The summed E-state index contributed by atoms with van der Waals surface area (Å²) in [5, 5.41) is 2.74. The second kappa shape index (κ2) is 12.5. The Hall–Kier alpha value is -1.53. The minimum atomic E-state index is -1.11. The molecule has 0 aromatic rings. The van der Waals surface area contributed by atoms with E-state index in [1.54, 1.807) is 0 Å². The molecule has 6 nitrogen and oxygen atoms in total. The maximum absolute atomic E-state index is 13.1. The predicted molar refractivity (Wildman–Crippen MR) is 125 cm³/mol. The van der Waals surface area contributed by atoms with Crippen LogP contribution in [0.1, 0.15) is 66.7 Å². The third-order valence-corrected chi connectivity index (χ3v) is 6.70. The summed E-state index contributed by atoms with van der Waals surface area (Å²) in [7, 11) is 0. The zero-order chi connectivity index (χ0) is 23.8. The highest BCUT2D eigenvalue weighted by Gasteiger charge is 2.54. The fraction of sp³-hybridized carbons (Fsp3) is 0.696. The number of hydrogen-bond acceptors (Lipinski definition) is 4. The van der Waals surface area contributed by atoms with Crippen LogP contribution >= 0.6 is 23.2 Å². The molecule has 4 atom stereocenters. The Bertz CT molecular complexity index is 691. The Balaban J connectivity index is 3.04. The highest BCUT2D eigenvalue weighted by Crippen LogP contribution is 2.32. The molecule has 0 radical (unpaired) electrons. The van der Waals surface area contributed by atoms with E-state index >= 15 is 0 Å². The normalized spacial score (nSPS) is 20.9. The maximum Gasteiger partial charge on any atom is 0.334 e. The molecule has 1 heterocycles. The molecule has 0 aromatic heterocycles. The molecule has 0 saturated carbocycles. The number of carbonyl (C=O) groups is 3. The number of halogens is 2. The van der Waals surface area contributed by atoms with Gasteiger partial charge in [0.1, 0.15) is 17.1 Å². The number of rotatable bonds is 13. The second-order valence-corrected chi connectivity index (χ2v) is 8.60. The number of likely N-dealkylation sites (tertiary alicyclic amines) is 1. The fourth-order valence-corrected chi connectivity index (χ4v) is 4.32. The molecule has 8 heteroatoms. The van der Waals surface area contributed by atoms with Gasteiger partial charge in [-0.2, -0.15) is 0 Å². The molecule has 176 valence electrons. The molecule has 0 spiro atoms. The number of esters is 1. The van der Waals surface area contributed by atoms with Crippen molar-refractivity contribution in [3.05, 3.63) is 24.3 Å². The van der Waals surface area contributed by atoms with Crippen molar-refractivity contribution in [2.75, 3.05) is 5.88 Å². The van der Waals surface area contributed by atoms with Crippen LogP contribution < -0.4 is 5.32 Å². The van der Waals surface area contributed by atoms with Gasteiger partial charge in [-0.3, -0.25) is 9.59 Å². The Morgan fingerprint density at radius 3 is 2.32 bits per heavy atom. The number of nitrogens with zero attached hydrogens (tertiary/aromatic N) is 1. The summed E-state index contributed by atoms with van der Waals surface area (Å²) in [6.07, 6.45) is 7.10. The standard InChI is InChI=1S/C23H36Cl2N2O4/c1-7-12-16(9-3)20(28)26-17-19(25)27(21(17)29)18(15(6)14-24)22(30)31-23(10-4,11-5)13-8-2/h8,13,16-19H,6-7,9-12,14H2,1-5H3,(H,26,28). The molecule has 4 unspecified atom stereocenters. The van der Waals surface area contributed by atoms with Gasteiger partial charge < -0.3 is 15.0 Å². The zero-order valence-electron chi connectivity index (χ0n) is 19.2. The molecule has 1 fully saturated rings. The lowest BCUT2D eigenvalue weighted by Gasteiger charge is -2.48. The predicted octanol–water partition coefficient (Wildman–Crippen LogP) is 4.55. The average molecular weight is 475 g/mol. The molecule has 1 saturated heterocycles. The lowest BCUT2D eigenvalue weighted by atomic mass is 9.94. The van der Waals surface area contributed by atoms with Crippen LogP contribution in [0.4, 0.5) is 0 Å². The number of hydrogen-bond donors (Lipinski definition) is 1. The van der Waals surface area contributed by atoms with Gasteiger partial charge in [0.15, 0.2) is 6.04 Å². The second-order valence-electron chi connectivity index (χ2n) is 7.89. The molecular weight excluding hydrogens is 439 g/mol. The zero-order valence-corrected chi connectivity index (χ0v) is 20.8. The molecular formula is C23H36Cl2N2O4. The highest BCUT2D eigenvalue weighted by atomic mass is 35.5. The minimum Gasteiger partial charge on any atom is -0.453 e. The summed E-state index contributed by atoms with van der Waals surface area (Å²) in [5.74, 6) is -1.49. The number of β-lactam (4-membered cyclic amide) rings is 1. The topological polar surface area (TPSA) is 75.7 Å². The van der Waals surface area contributed by atoms with Crippen LogP contribution in [-0.2, 0) is 19.1 Å². The van der Waals surface area contributed by atoms with Gasteiger partial charge in [0.25, 0.3) is 5.91 Å². The van der Waals surface area contributed by atoms with Crippen LogP contribution in [0.15, 0.2) is 24.3 Å². The molecule has 31 heavy (non-hydrogen) atoms. The van der Waals surface area contributed by atoms with E-state index in [0.717, 1.165) is 12.8 Å². The summed E-state index contributed by atoms with van der Waals surface area (Å²) < 4.78 is 5.83. The number of ether oxygens (including phenoxy) is 1. The van der Waals surface area contributed by atoms with Crippen molar-refractivity contribution < 1.29 is 19.1 Å². The number of nitrogens with one attached hydrogen (secondary N) is 1. The van der Waals surface area contributed by atoms with Gasteiger partial charge in [-0.05, 0) is 44.3 Å². The molecule has 1 aliphatic rings. The van der Waals surface area contributed by atoms with E-state index in [2.05, 4.69) is 11.9 Å². The largest absolute Gasteiger partial charge is 0.453 e. The Morgan fingerprint density at radius 2 is 1.90 bits per heavy atom. The van der Waals surface area contributed by atoms with Crippen molar-refractivity contribution in [3.63, 3.8) is 0 Å². The highest BCUT2D eigenvalue weighted by molar-refractivity contribution is 6.27. The van der Waals surface area contributed by atoms with Crippen LogP contribution in [0.25, 0.3) is 0 Å². The maximum atomic E-state index is 13.1. The van der Waals surface area contributed by atoms with Gasteiger partial charge >= 0.3 is 5.97 Å². The van der Waals surface area contributed by atoms with Crippen molar-refractivity contribution in [1.29, 1.82) is 0 Å². The van der Waals surface area contributed by atoms with Crippen molar-refractivity contribution in [1.82, 2.24) is 10.2 Å². The van der Waals surface area contributed by atoms with Gasteiger partial charge in [0, 0.05) is 11.8 Å². The summed E-state index contributed by atoms with van der Waals surface area (Å²) in [5.41, 5.74) is -1.36. The smallest absolute Gasteiger partial charge is 0.334 e. The number of allylic oxidation sites excluding steroid dienone is 1. The quantitative estimate of drug-likeness (QED) is 0.140. The summed E-state index contributed by atoms with van der Waals surface area (Å²) >= 11 is 12.4. The van der Waals surface area contributed by atoms with E-state index in [1.807, 2.05) is 46.8 Å². The first-order valence-electron chi connectivity index (χ1n) is 11.0. The number of carbonyl (C=O) groups excluding carboxylic acids is 3. The Morgan fingerprint density at radius 1 is 1.29 bits per heavy atom. The lowest BCUT2D eigenvalue weighted by Crippen LogP contribution is -2.73. The van der Waals surface area contributed by atoms with E-state index in [4.69, 9.17) is 27.9 Å².